The number of hydrogen-bond acceptors (Lipinski definition) is 4. The van der Waals surface area contributed by atoms with Gasteiger partial charge < -0.3 is 14.5 Å². The highest BCUT2D eigenvalue weighted by Crippen LogP contribution is 2.41. The normalized spacial score (nSPS) is 11.6. The van der Waals surface area contributed by atoms with Crippen molar-refractivity contribution in [3.8, 4) is 16.9 Å². The van der Waals surface area contributed by atoms with Gasteiger partial charge in [-0.3, -0.25) is 9.78 Å². The smallest absolute Gasteiger partial charge is 0.248 e. The maximum atomic E-state index is 12.6. The van der Waals surface area contributed by atoms with Crippen LogP contribution >= 0.6 is 15.9 Å². The lowest BCUT2D eigenvalue weighted by Crippen LogP contribution is -2.09. The molecule has 32 heavy (non-hydrogen) atoms. The van der Waals surface area contributed by atoms with Gasteiger partial charge >= 0.3 is 0 Å². The molecule has 0 spiro atoms. The summed E-state index contributed by atoms with van der Waals surface area (Å²) in [5.41, 5.74) is 6.03. The monoisotopic (exact) mass is 490 g/mol. The number of furan rings is 1. The number of pyridine rings is 1. The summed E-state index contributed by atoms with van der Waals surface area (Å²) in [7, 11) is 0. The Kier molecular flexibility index (Phi) is 6.42. The molecule has 2 aromatic carbocycles. The van der Waals surface area contributed by atoms with Gasteiger partial charge in [0.05, 0.1) is 24.8 Å². The van der Waals surface area contributed by atoms with E-state index in [4.69, 9.17) is 9.15 Å². The molecular formula is C26H23BrN2O3. The van der Waals surface area contributed by atoms with Gasteiger partial charge in [0.2, 0.25) is 5.91 Å². The lowest BCUT2D eigenvalue weighted by atomic mass is 9.96. The summed E-state index contributed by atoms with van der Waals surface area (Å²) in [5, 5.41) is 3.82. The molecule has 0 aliphatic carbocycles. The Morgan fingerprint density at radius 3 is 2.72 bits per heavy atom. The number of ether oxygens (including phenoxy) is 1. The van der Waals surface area contributed by atoms with E-state index in [1.807, 2.05) is 51.1 Å². The summed E-state index contributed by atoms with van der Waals surface area (Å²) in [4.78, 5) is 16.6. The number of nitrogens with one attached hydrogen (secondary N) is 1. The third-order valence-electron chi connectivity index (χ3n) is 5.19. The molecular weight excluding hydrogens is 468 g/mol. The zero-order valence-electron chi connectivity index (χ0n) is 18.1. The lowest BCUT2D eigenvalue weighted by Gasteiger charge is -2.15. The van der Waals surface area contributed by atoms with Crippen molar-refractivity contribution in [1.29, 1.82) is 0 Å². The zero-order valence-corrected chi connectivity index (χ0v) is 19.7. The molecule has 0 unspecified atom stereocenters. The number of allylic oxidation sites excluding steroid dienone is 1. The number of aromatic nitrogens is 1. The van der Waals surface area contributed by atoms with E-state index in [2.05, 4.69) is 26.2 Å². The number of anilines is 1. The lowest BCUT2D eigenvalue weighted by molar-refractivity contribution is -0.111. The predicted molar refractivity (Wildman–Crippen MR) is 132 cm³/mol. The number of benzene rings is 2. The van der Waals surface area contributed by atoms with Crippen molar-refractivity contribution >= 4 is 44.1 Å². The topological polar surface area (TPSA) is 64.4 Å². The van der Waals surface area contributed by atoms with Crippen LogP contribution in [0, 0.1) is 6.92 Å². The van der Waals surface area contributed by atoms with Crippen LogP contribution in [0.5, 0.6) is 5.75 Å². The second-order valence-electron chi connectivity index (χ2n) is 7.40. The fourth-order valence-electron chi connectivity index (χ4n) is 3.68. The average molecular weight is 491 g/mol. The van der Waals surface area contributed by atoms with Gasteiger partial charge in [-0.05, 0) is 62.2 Å². The first kappa shape index (κ1) is 21.8. The van der Waals surface area contributed by atoms with Crippen molar-refractivity contribution in [3.05, 3.63) is 82.8 Å². The quantitative estimate of drug-likeness (QED) is 0.295. The molecule has 5 nitrogen and oxygen atoms in total. The predicted octanol–water partition coefficient (Wildman–Crippen LogP) is 7.01. The first-order chi connectivity index (χ1) is 15.5. The Morgan fingerprint density at radius 1 is 1.25 bits per heavy atom. The van der Waals surface area contributed by atoms with Crippen LogP contribution in [0.2, 0.25) is 0 Å². The molecule has 6 heteroatoms. The SMILES string of the molecule is CCOc1c(/C(C)=C/C(=O)Nc2cccnc2)cc2c(-c3ccc(Br)cc3)coc2c1C. The number of nitrogens with zero attached hydrogens (tertiary/aromatic N) is 1. The van der Waals surface area contributed by atoms with Crippen molar-refractivity contribution in [3.63, 3.8) is 0 Å². The first-order valence-electron chi connectivity index (χ1n) is 10.3. The minimum atomic E-state index is -0.226. The van der Waals surface area contributed by atoms with Crippen molar-refractivity contribution in [1.82, 2.24) is 4.98 Å². The van der Waals surface area contributed by atoms with E-state index in [9.17, 15) is 4.79 Å². The van der Waals surface area contributed by atoms with Gasteiger partial charge in [0.25, 0.3) is 0 Å². The van der Waals surface area contributed by atoms with Crippen molar-refractivity contribution in [2.45, 2.75) is 20.8 Å². The number of amides is 1. The molecule has 0 saturated heterocycles. The van der Waals surface area contributed by atoms with Gasteiger partial charge in [-0.1, -0.05) is 28.1 Å². The largest absolute Gasteiger partial charge is 0.493 e. The van der Waals surface area contributed by atoms with Crippen LogP contribution in [-0.2, 0) is 4.79 Å². The molecule has 1 N–H and O–H groups in total. The summed E-state index contributed by atoms with van der Waals surface area (Å²) in [6.07, 6.45) is 6.62. The molecule has 2 aromatic heterocycles. The van der Waals surface area contributed by atoms with Crippen LogP contribution in [0.25, 0.3) is 27.7 Å². The number of rotatable bonds is 6. The number of carbonyl (C=O) groups is 1. The van der Waals surface area contributed by atoms with Gasteiger partial charge in [-0.2, -0.15) is 0 Å². The average Bonchev–Trinajstić information content (AvgIpc) is 3.21. The van der Waals surface area contributed by atoms with Crippen molar-refractivity contribution in [2.24, 2.45) is 0 Å². The molecule has 4 rings (SSSR count). The van der Waals surface area contributed by atoms with E-state index in [0.29, 0.717) is 12.3 Å². The van der Waals surface area contributed by atoms with E-state index in [-0.39, 0.29) is 5.91 Å². The molecule has 0 fully saturated rings. The molecule has 2 heterocycles. The van der Waals surface area contributed by atoms with Crippen LogP contribution in [0.15, 0.2) is 76.1 Å². The van der Waals surface area contributed by atoms with Crippen LogP contribution in [-0.4, -0.2) is 17.5 Å². The summed E-state index contributed by atoms with van der Waals surface area (Å²) >= 11 is 3.48. The fourth-order valence-corrected chi connectivity index (χ4v) is 3.95. The fraction of sp³-hybridized carbons (Fsp3) is 0.154. The van der Waals surface area contributed by atoms with E-state index in [1.54, 1.807) is 36.9 Å². The molecule has 0 saturated carbocycles. The molecule has 0 aliphatic heterocycles. The minimum absolute atomic E-state index is 0.226. The Hall–Kier alpha value is -3.38. The first-order valence-corrected chi connectivity index (χ1v) is 11.1. The van der Waals surface area contributed by atoms with Crippen LogP contribution in [0.4, 0.5) is 5.69 Å². The second-order valence-corrected chi connectivity index (χ2v) is 8.32. The highest BCUT2D eigenvalue weighted by molar-refractivity contribution is 9.10. The summed E-state index contributed by atoms with van der Waals surface area (Å²) in [5.74, 6) is 0.496. The molecule has 4 aromatic rings. The summed E-state index contributed by atoms with van der Waals surface area (Å²) < 4.78 is 12.9. The van der Waals surface area contributed by atoms with Crippen molar-refractivity contribution in [2.75, 3.05) is 11.9 Å². The Morgan fingerprint density at radius 2 is 2.03 bits per heavy atom. The molecule has 0 bridgehead atoms. The molecule has 0 aliphatic rings. The maximum Gasteiger partial charge on any atom is 0.248 e. The third-order valence-corrected chi connectivity index (χ3v) is 5.72. The van der Waals surface area contributed by atoms with Gasteiger partial charge in [-0.15, -0.1) is 0 Å². The number of halogens is 1. The Labute approximate surface area is 195 Å². The maximum absolute atomic E-state index is 12.6. The summed E-state index contributed by atoms with van der Waals surface area (Å²) in [6, 6.07) is 13.7. The highest BCUT2D eigenvalue weighted by Gasteiger charge is 2.19. The van der Waals surface area contributed by atoms with Crippen molar-refractivity contribution < 1.29 is 13.9 Å². The van der Waals surface area contributed by atoms with E-state index >= 15 is 0 Å². The highest BCUT2D eigenvalue weighted by atomic mass is 79.9. The van der Waals surface area contributed by atoms with Crippen LogP contribution in [0.1, 0.15) is 25.0 Å². The van der Waals surface area contributed by atoms with Gasteiger partial charge in [-0.25, -0.2) is 0 Å². The van der Waals surface area contributed by atoms with E-state index in [1.165, 1.54) is 0 Å². The number of aryl methyl sites for hydroxylation is 1. The van der Waals surface area contributed by atoms with Gasteiger partial charge in [0.15, 0.2) is 0 Å². The minimum Gasteiger partial charge on any atom is -0.493 e. The Bertz CT molecular complexity index is 1290. The molecule has 0 radical (unpaired) electrons. The number of hydrogen-bond donors (Lipinski definition) is 1. The second kappa shape index (κ2) is 9.40. The number of fused-ring (bicyclic) bond motifs is 1. The van der Waals surface area contributed by atoms with E-state index in [0.717, 1.165) is 49.0 Å². The standard InChI is InChI=1S/C26H23BrN2O3/c1-4-31-25-17(3)26-22(23(15-32-26)18-7-9-19(27)10-8-18)13-21(25)16(2)12-24(30)29-20-6-5-11-28-14-20/h5-15H,4H2,1-3H3,(H,29,30)/b16-12+. The molecule has 1 amide bonds. The van der Waals surface area contributed by atoms with Crippen LogP contribution < -0.4 is 10.1 Å². The zero-order chi connectivity index (χ0) is 22.7. The molecule has 162 valence electrons. The third kappa shape index (κ3) is 4.46. The molecule has 0 atom stereocenters. The Balaban J connectivity index is 1.79. The number of carbonyl (C=O) groups excluding carboxylic acids is 1. The van der Waals surface area contributed by atoms with Crippen LogP contribution in [0.3, 0.4) is 0 Å². The van der Waals surface area contributed by atoms with Gasteiger partial charge in [0, 0.05) is 38.8 Å². The summed E-state index contributed by atoms with van der Waals surface area (Å²) in [6.45, 7) is 6.34. The van der Waals surface area contributed by atoms with E-state index < -0.39 is 0 Å². The van der Waals surface area contributed by atoms with Gasteiger partial charge in [0.1, 0.15) is 11.3 Å².